The fourth-order valence-electron chi connectivity index (χ4n) is 2.60. The first-order valence-corrected chi connectivity index (χ1v) is 8.62. The van der Waals surface area contributed by atoms with Gasteiger partial charge in [-0.25, -0.2) is 0 Å². The first-order valence-electron chi connectivity index (χ1n) is 7.87. The smallest absolute Gasteiger partial charge is 0.241 e. The number of hydrogen-bond donors (Lipinski definition) is 4. The molecule has 1 aromatic rings. The minimum Gasteiger partial charge on any atom is -0.506 e. The van der Waals surface area contributed by atoms with Gasteiger partial charge in [0.05, 0.1) is 27.9 Å². The van der Waals surface area contributed by atoms with Crippen molar-refractivity contribution in [3.8, 4) is 5.75 Å². The lowest BCUT2D eigenvalue weighted by Crippen LogP contribution is -2.52. The van der Waals surface area contributed by atoms with E-state index >= 15 is 0 Å². The maximum absolute atomic E-state index is 12.3. The van der Waals surface area contributed by atoms with Gasteiger partial charge < -0.3 is 25.7 Å². The van der Waals surface area contributed by atoms with Gasteiger partial charge in [-0.15, -0.1) is 0 Å². The number of rotatable bonds is 5. The second-order valence-electron chi connectivity index (χ2n) is 6.15. The fourth-order valence-corrected chi connectivity index (χ4v) is 2.92. The molecule has 1 aliphatic heterocycles. The average molecular weight is 390 g/mol. The number of nitrogens with zero attached hydrogens (tertiary/aromatic N) is 1. The second kappa shape index (κ2) is 8.12. The van der Waals surface area contributed by atoms with Crippen LogP contribution in [0.25, 0.3) is 0 Å². The molecule has 0 aliphatic carbocycles. The van der Waals surface area contributed by atoms with Gasteiger partial charge in [-0.05, 0) is 18.9 Å². The molecule has 1 fully saturated rings. The summed E-state index contributed by atoms with van der Waals surface area (Å²) in [7, 11) is 0. The zero-order chi connectivity index (χ0) is 18.6. The Bertz CT molecular complexity index is 661. The largest absolute Gasteiger partial charge is 0.506 e. The number of phenols is 1. The number of anilines is 1. The Hall–Kier alpha value is -1.70. The van der Waals surface area contributed by atoms with Crippen molar-refractivity contribution in [2.45, 2.75) is 25.4 Å². The molecule has 1 aromatic carbocycles. The van der Waals surface area contributed by atoms with Crippen LogP contribution in [0.4, 0.5) is 5.69 Å². The molecule has 2 rings (SSSR count). The third-order valence-electron chi connectivity index (χ3n) is 4.18. The van der Waals surface area contributed by atoms with Crippen LogP contribution in [-0.4, -0.2) is 58.7 Å². The van der Waals surface area contributed by atoms with Gasteiger partial charge in [0, 0.05) is 32.6 Å². The van der Waals surface area contributed by atoms with E-state index in [2.05, 4.69) is 10.6 Å². The number of phenolic OH excluding ortho intramolecular Hbond substituents is 1. The zero-order valence-electron chi connectivity index (χ0n) is 13.8. The van der Waals surface area contributed by atoms with E-state index in [4.69, 9.17) is 23.2 Å². The Morgan fingerprint density at radius 1 is 1.24 bits per heavy atom. The molecule has 0 spiro atoms. The number of carbonyl (C=O) groups excluding carboxylic acids is 2. The monoisotopic (exact) mass is 389 g/mol. The van der Waals surface area contributed by atoms with Crippen molar-refractivity contribution in [1.82, 2.24) is 10.2 Å². The summed E-state index contributed by atoms with van der Waals surface area (Å²) in [5.41, 5.74) is -0.667. The van der Waals surface area contributed by atoms with Crippen molar-refractivity contribution in [1.29, 1.82) is 0 Å². The lowest BCUT2D eigenvalue weighted by atomic mass is 9.91. The molecule has 2 amide bonds. The van der Waals surface area contributed by atoms with Gasteiger partial charge in [-0.1, -0.05) is 23.2 Å². The third-order valence-corrected chi connectivity index (χ3v) is 4.90. The lowest BCUT2D eigenvalue weighted by Gasteiger charge is -2.38. The Morgan fingerprint density at radius 2 is 1.84 bits per heavy atom. The highest BCUT2D eigenvalue weighted by atomic mass is 35.5. The first-order chi connectivity index (χ1) is 11.7. The molecule has 0 unspecified atom stereocenters. The van der Waals surface area contributed by atoms with Crippen molar-refractivity contribution >= 4 is 40.7 Å². The molecule has 1 heterocycles. The molecule has 1 saturated heterocycles. The molecular formula is C16H21Cl2N3O4. The molecule has 25 heavy (non-hydrogen) atoms. The van der Waals surface area contributed by atoms with Gasteiger partial charge >= 0.3 is 0 Å². The average Bonchev–Trinajstić information content (AvgIpc) is 2.55. The zero-order valence-corrected chi connectivity index (χ0v) is 15.3. The minimum absolute atomic E-state index is 0.0182. The number of benzene rings is 1. The summed E-state index contributed by atoms with van der Waals surface area (Å²) in [6.07, 6.45) is 0.772. The summed E-state index contributed by atoms with van der Waals surface area (Å²) >= 11 is 11.7. The van der Waals surface area contributed by atoms with Gasteiger partial charge in [0.25, 0.3) is 0 Å². The van der Waals surface area contributed by atoms with Crippen molar-refractivity contribution in [2.24, 2.45) is 0 Å². The first kappa shape index (κ1) is 19.6. The van der Waals surface area contributed by atoms with Crippen LogP contribution < -0.4 is 10.6 Å². The summed E-state index contributed by atoms with van der Waals surface area (Å²) in [4.78, 5) is 24.9. The lowest BCUT2D eigenvalue weighted by molar-refractivity contribution is -0.134. The predicted molar refractivity (Wildman–Crippen MR) is 96.1 cm³/mol. The molecule has 0 atom stereocenters. The van der Waals surface area contributed by atoms with E-state index < -0.39 is 5.60 Å². The van der Waals surface area contributed by atoms with Crippen molar-refractivity contribution in [3.05, 3.63) is 22.2 Å². The number of carbonyl (C=O) groups is 2. The molecule has 0 saturated carbocycles. The highest BCUT2D eigenvalue weighted by Crippen LogP contribution is 2.33. The van der Waals surface area contributed by atoms with Gasteiger partial charge in [-0.2, -0.15) is 0 Å². The fraction of sp³-hybridized carbons (Fsp3) is 0.500. The third kappa shape index (κ3) is 5.39. The Balaban J connectivity index is 1.85. The second-order valence-corrected chi connectivity index (χ2v) is 6.97. The maximum atomic E-state index is 12.3. The van der Waals surface area contributed by atoms with Crippen molar-refractivity contribution in [3.63, 3.8) is 0 Å². The van der Waals surface area contributed by atoms with Crippen LogP contribution in [0.3, 0.4) is 0 Å². The van der Waals surface area contributed by atoms with Crippen LogP contribution in [0.5, 0.6) is 5.75 Å². The number of piperidine rings is 1. The number of likely N-dealkylation sites (tertiary alicyclic amines) is 1. The van der Waals surface area contributed by atoms with Gasteiger partial charge in [-0.3, -0.25) is 9.59 Å². The Kier molecular flexibility index (Phi) is 6.37. The summed E-state index contributed by atoms with van der Waals surface area (Å²) in [5.74, 6) is -0.449. The molecule has 9 heteroatoms. The topological polar surface area (TPSA) is 102 Å². The molecule has 4 N–H and O–H groups in total. The number of aromatic hydroxyl groups is 1. The molecule has 0 bridgehead atoms. The summed E-state index contributed by atoms with van der Waals surface area (Å²) < 4.78 is 0. The minimum atomic E-state index is -0.988. The molecule has 138 valence electrons. The van der Waals surface area contributed by atoms with Gasteiger partial charge in [0.1, 0.15) is 5.75 Å². The molecule has 0 radical (unpaired) electrons. The summed E-state index contributed by atoms with van der Waals surface area (Å²) in [6, 6.07) is 2.76. The van der Waals surface area contributed by atoms with Crippen LogP contribution >= 0.6 is 23.2 Å². The van der Waals surface area contributed by atoms with Crippen LogP contribution in [0, 0.1) is 0 Å². The standard InChI is InChI=1S/C16H21Cl2N3O4/c1-10(22)20-9-16(25)2-4-21(5-3-16)15(24)8-19-13-6-11(17)12(18)7-14(13)23/h6-7,19,23,25H,2-5,8-9H2,1H3,(H,20,22). The van der Waals surface area contributed by atoms with E-state index in [1.165, 1.54) is 19.1 Å². The van der Waals surface area contributed by atoms with E-state index in [9.17, 15) is 19.8 Å². The number of halogens is 2. The summed E-state index contributed by atoms with van der Waals surface area (Å²) in [5, 5.41) is 26.1. The van der Waals surface area contributed by atoms with E-state index in [-0.39, 0.29) is 40.7 Å². The quantitative estimate of drug-likeness (QED) is 0.572. The molecule has 0 aromatic heterocycles. The number of amides is 2. The Labute approximate surface area is 155 Å². The highest BCUT2D eigenvalue weighted by Gasteiger charge is 2.33. The van der Waals surface area contributed by atoms with Gasteiger partial charge in [0.2, 0.25) is 11.8 Å². The maximum Gasteiger partial charge on any atom is 0.241 e. The van der Waals surface area contributed by atoms with E-state index in [1.807, 2.05) is 0 Å². The van der Waals surface area contributed by atoms with Crippen LogP contribution in [-0.2, 0) is 9.59 Å². The SMILES string of the molecule is CC(=O)NCC1(O)CCN(C(=O)CNc2cc(Cl)c(Cl)cc2O)CC1. The van der Waals surface area contributed by atoms with Crippen molar-refractivity contribution in [2.75, 3.05) is 31.5 Å². The van der Waals surface area contributed by atoms with Crippen LogP contribution in [0.15, 0.2) is 12.1 Å². The number of aliphatic hydroxyl groups is 1. The predicted octanol–water partition coefficient (Wildman–Crippen LogP) is 1.60. The molecular weight excluding hydrogens is 369 g/mol. The van der Waals surface area contributed by atoms with E-state index in [1.54, 1.807) is 4.90 Å². The van der Waals surface area contributed by atoms with Gasteiger partial charge in [0.15, 0.2) is 0 Å². The van der Waals surface area contributed by atoms with Crippen molar-refractivity contribution < 1.29 is 19.8 Å². The Morgan fingerprint density at radius 3 is 2.44 bits per heavy atom. The number of hydrogen-bond acceptors (Lipinski definition) is 5. The van der Waals surface area contributed by atoms with Crippen LogP contribution in [0.2, 0.25) is 10.0 Å². The molecule has 1 aliphatic rings. The number of nitrogens with one attached hydrogen (secondary N) is 2. The normalized spacial score (nSPS) is 16.4. The van der Waals surface area contributed by atoms with E-state index in [0.29, 0.717) is 31.6 Å². The summed E-state index contributed by atoms with van der Waals surface area (Å²) in [6.45, 7) is 2.34. The van der Waals surface area contributed by atoms with Crippen LogP contribution in [0.1, 0.15) is 19.8 Å². The van der Waals surface area contributed by atoms with E-state index in [0.717, 1.165) is 0 Å². The molecule has 7 nitrogen and oxygen atoms in total. The highest BCUT2D eigenvalue weighted by molar-refractivity contribution is 6.42.